The predicted molar refractivity (Wildman–Crippen MR) is 99.1 cm³/mol. The van der Waals surface area contributed by atoms with Crippen molar-refractivity contribution in [2.45, 2.75) is 26.8 Å². The zero-order chi connectivity index (χ0) is 18.8. The van der Waals surface area contributed by atoms with Crippen LogP contribution in [-0.4, -0.2) is 60.0 Å². The van der Waals surface area contributed by atoms with Crippen LogP contribution in [0.4, 0.5) is 21.0 Å². The van der Waals surface area contributed by atoms with Gasteiger partial charge in [0.15, 0.2) is 0 Å². The summed E-state index contributed by atoms with van der Waals surface area (Å²) in [5.74, 6) is -0.186. The number of amides is 5. The first kappa shape index (κ1) is 18.0. The van der Waals surface area contributed by atoms with E-state index >= 15 is 0 Å². The Morgan fingerprint density at radius 1 is 1.23 bits per heavy atom. The molecule has 2 aliphatic heterocycles. The van der Waals surface area contributed by atoms with Crippen LogP contribution in [0, 0.1) is 12.8 Å². The average Bonchev–Trinajstić information content (AvgIpc) is 2.98. The van der Waals surface area contributed by atoms with E-state index in [0.717, 1.165) is 5.56 Å². The molecule has 1 aromatic rings. The smallest absolute Gasteiger partial charge is 0.321 e. The molecule has 2 fully saturated rings. The van der Waals surface area contributed by atoms with Crippen molar-refractivity contribution in [2.24, 2.45) is 5.92 Å². The Morgan fingerprint density at radius 3 is 2.73 bits per heavy atom. The molecule has 8 nitrogen and oxygen atoms in total. The lowest BCUT2D eigenvalue weighted by molar-refractivity contribution is -0.118. The number of piperazine rings is 1. The fourth-order valence-corrected chi connectivity index (χ4v) is 3.10. The van der Waals surface area contributed by atoms with Gasteiger partial charge in [-0.2, -0.15) is 0 Å². The highest BCUT2D eigenvalue weighted by Gasteiger charge is 2.36. The molecule has 2 saturated heterocycles. The van der Waals surface area contributed by atoms with Gasteiger partial charge in [0.25, 0.3) is 0 Å². The number of carbonyl (C=O) groups is 3. The van der Waals surface area contributed by atoms with Crippen LogP contribution in [0.1, 0.15) is 19.4 Å². The lowest BCUT2D eigenvalue weighted by Gasteiger charge is -2.36. The summed E-state index contributed by atoms with van der Waals surface area (Å²) in [4.78, 5) is 39.7. The van der Waals surface area contributed by atoms with E-state index in [2.05, 4.69) is 16.0 Å². The van der Waals surface area contributed by atoms with E-state index in [4.69, 9.17) is 0 Å². The summed E-state index contributed by atoms with van der Waals surface area (Å²) >= 11 is 0. The van der Waals surface area contributed by atoms with Crippen LogP contribution in [0.2, 0.25) is 0 Å². The normalized spacial score (nSPS) is 19.2. The highest BCUT2D eigenvalue weighted by molar-refractivity contribution is 5.95. The summed E-state index contributed by atoms with van der Waals surface area (Å²) < 4.78 is 0. The van der Waals surface area contributed by atoms with E-state index in [9.17, 15) is 14.4 Å². The molecule has 1 atom stereocenters. The molecule has 2 heterocycles. The third kappa shape index (κ3) is 3.74. The summed E-state index contributed by atoms with van der Waals surface area (Å²) in [5.41, 5.74) is 2.23. The third-order valence-corrected chi connectivity index (χ3v) is 4.79. The number of anilines is 2. The van der Waals surface area contributed by atoms with Gasteiger partial charge >= 0.3 is 12.1 Å². The van der Waals surface area contributed by atoms with Crippen LogP contribution in [0.3, 0.4) is 0 Å². The van der Waals surface area contributed by atoms with Gasteiger partial charge < -0.3 is 25.8 Å². The van der Waals surface area contributed by atoms with Crippen molar-refractivity contribution in [3.05, 3.63) is 23.8 Å². The Morgan fingerprint density at radius 2 is 2.00 bits per heavy atom. The van der Waals surface area contributed by atoms with Gasteiger partial charge in [0, 0.05) is 43.5 Å². The maximum absolute atomic E-state index is 12.6. The minimum absolute atomic E-state index is 0.0276. The van der Waals surface area contributed by atoms with Gasteiger partial charge in [-0.3, -0.25) is 4.79 Å². The van der Waals surface area contributed by atoms with E-state index in [-0.39, 0.29) is 29.9 Å². The van der Waals surface area contributed by atoms with E-state index in [1.54, 1.807) is 15.9 Å². The van der Waals surface area contributed by atoms with Crippen LogP contribution >= 0.6 is 0 Å². The molecule has 0 saturated carbocycles. The summed E-state index contributed by atoms with van der Waals surface area (Å²) in [6.07, 6.45) is 0. The highest BCUT2D eigenvalue weighted by Crippen LogP contribution is 2.22. The van der Waals surface area contributed by atoms with Crippen LogP contribution in [0.25, 0.3) is 0 Å². The molecule has 3 N–H and O–H groups in total. The second-order valence-corrected chi connectivity index (χ2v) is 7.08. The second kappa shape index (κ2) is 7.23. The molecule has 3 rings (SSSR count). The Kier molecular flexibility index (Phi) is 5.01. The zero-order valence-electron chi connectivity index (χ0n) is 15.3. The maximum atomic E-state index is 12.6. The van der Waals surface area contributed by atoms with Gasteiger partial charge in [-0.25, -0.2) is 9.59 Å². The van der Waals surface area contributed by atoms with Crippen molar-refractivity contribution >= 4 is 29.3 Å². The minimum Gasteiger partial charge on any atom is -0.336 e. The van der Waals surface area contributed by atoms with Crippen molar-refractivity contribution in [2.75, 3.05) is 36.8 Å². The highest BCUT2D eigenvalue weighted by atomic mass is 16.2. The Labute approximate surface area is 152 Å². The summed E-state index contributed by atoms with van der Waals surface area (Å²) in [7, 11) is 0. The second-order valence-electron chi connectivity index (χ2n) is 7.08. The van der Waals surface area contributed by atoms with Crippen molar-refractivity contribution in [3.8, 4) is 0 Å². The van der Waals surface area contributed by atoms with E-state index < -0.39 is 0 Å². The number of hydrogen-bond donors (Lipinski definition) is 3. The van der Waals surface area contributed by atoms with Gasteiger partial charge in [0.2, 0.25) is 5.91 Å². The van der Waals surface area contributed by atoms with Crippen molar-refractivity contribution in [1.29, 1.82) is 0 Å². The molecule has 140 valence electrons. The van der Waals surface area contributed by atoms with Gasteiger partial charge in [-0.15, -0.1) is 0 Å². The first-order valence-electron chi connectivity index (χ1n) is 8.87. The maximum Gasteiger partial charge on any atom is 0.321 e. The van der Waals surface area contributed by atoms with E-state index in [0.29, 0.717) is 37.6 Å². The summed E-state index contributed by atoms with van der Waals surface area (Å²) in [6, 6.07) is 5.23. The number of benzene rings is 1. The lowest BCUT2D eigenvalue weighted by atomic mass is 10.1. The summed E-state index contributed by atoms with van der Waals surface area (Å²) in [5, 5.41) is 8.57. The van der Waals surface area contributed by atoms with Gasteiger partial charge in [0.05, 0.1) is 6.04 Å². The minimum atomic E-state index is -0.195. The standard InChI is InChI=1S/C18H25N5O3/c1-11(2)16(24)20-13-5-4-12(3)15(8-13)21-18(26)22-6-7-23-14(10-22)9-19-17(23)25/h4-5,8,11,14H,6-7,9-10H2,1-3H3,(H,19,25)(H,20,24)(H,21,26). The van der Waals surface area contributed by atoms with Gasteiger partial charge in [-0.1, -0.05) is 19.9 Å². The van der Waals surface area contributed by atoms with Crippen LogP contribution in [0.5, 0.6) is 0 Å². The molecular weight excluding hydrogens is 334 g/mol. The monoisotopic (exact) mass is 359 g/mol. The van der Waals surface area contributed by atoms with E-state index in [1.807, 2.05) is 32.9 Å². The number of nitrogens with one attached hydrogen (secondary N) is 3. The molecule has 0 aliphatic carbocycles. The lowest BCUT2D eigenvalue weighted by Crippen LogP contribution is -2.54. The molecule has 5 amide bonds. The molecule has 0 bridgehead atoms. The van der Waals surface area contributed by atoms with Crippen molar-refractivity contribution in [1.82, 2.24) is 15.1 Å². The van der Waals surface area contributed by atoms with Crippen LogP contribution in [0.15, 0.2) is 18.2 Å². The number of nitrogens with zero attached hydrogens (tertiary/aromatic N) is 2. The number of aryl methyl sites for hydroxylation is 1. The first-order valence-corrected chi connectivity index (χ1v) is 8.87. The largest absolute Gasteiger partial charge is 0.336 e. The Bertz CT molecular complexity index is 734. The Hall–Kier alpha value is -2.77. The topological polar surface area (TPSA) is 93.8 Å². The third-order valence-electron chi connectivity index (χ3n) is 4.79. The molecule has 0 spiro atoms. The SMILES string of the molecule is Cc1ccc(NC(=O)C(C)C)cc1NC(=O)N1CCN2C(=O)NCC2C1. The molecule has 8 heteroatoms. The molecule has 26 heavy (non-hydrogen) atoms. The van der Waals surface area contributed by atoms with Crippen LogP contribution in [-0.2, 0) is 4.79 Å². The predicted octanol–water partition coefficient (Wildman–Crippen LogP) is 1.83. The fourth-order valence-electron chi connectivity index (χ4n) is 3.10. The van der Waals surface area contributed by atoms with Crippen LogP contribution < -0.4 is 16.0 Å². The Balaban J connectivity index is 1.65. The quantitative estimate of drug-likeness (QED) is 0.768. The fraction of sp³-hybridized carbons (Fsp3) is 0.500. The molecule has 0 radical (unpaired) electrons. The number of carbonyl (C=O) groups excluding carboxylic acids is 3. The van der Waals surface area contributed by atoms with E-state index in [1.165, 1.54) is 0 Å². The molecule has 1 unspecified atom stereocenters. The van der Waals surface area contributed by atoms with Gasteiger partial charge in [0.1, 0.15) is 0 Å². The molecule has 2 aliphatic rings. The summed E-state index contributed by atoms with van der Waals surface area (Å²) in [6.45, 7) is 7.67. The average molecular weight is 359 g/mol. The number of hydrogen-bond acceptors (Lipinski definition) is 3. The zero-order valence-corrected chi connectivity index (χ0v) is 15.3. The van der Waals surface area contributed by atoms with Gasteiger partial charge in [-0.05, 0) is 24.6 Å². The number of fused-ring (bicyclic) bond motifs is 1. The van der Waals surface area contributed by atoms with Crippen molar-refractivity contribution in [3.63, 3.8) is 0 Å². The first-order chi connectivity index (χ1) is 12.3. The molecule has 1 aromatic carbocycles. The number of rotatable bonds is 3. The van der Waals surface area contributed by atoms with Crippen molar-refractivity contribution < 1.29 is 14.4 Å². The molecular formula is C18H25N5O3. The molecule has 0 aromatic heterocycles. The number of urea groups is 2.